The Morgan fingerprint density at radius 1 is 1.26 bits per heavy atom. The van der Waals surface area contributed by atoms with Gasteiger partial charge in [-0.05, 0) is 33.1 Å². The number of fused-ring (bicyclic) bond motifs is 2. The first-order valence-electron chi connectivity index (χ1n) is 7.98. The third-order valence-electron chi connectivity index (χ3n) is 5.60. The maximum atomic E-state index is 12.3. The molecule has 0 saturated heterocycles. The van der Waals surface area contributed by atoms with Crippen molar-refractivity contribution >= 4 is 5.97 Å². The van der Waals surface area contributed by atoms with Crippen molar-refractivity contribution in [3.8, 4) is 0 Å². The van der Waals surface area contributed by atoms with Crippen LogP contribution in [0.4, 0.5) is 0 Å². The lowest BCUT2D eigenvalue weighted by atomic mass is 9.63. The molecule has 2 N–H and O–H groups in total. The third-order valence-corrected chi connectivity index (χ3v) is 5.60. The maximum absolute atomic E-state index is 12.3. The average Bonchev–Trinajstić information content (AvgIpc) is 2.65. The second kappa shape index (κ2) is 7.03. The molecule has 2 aliphatic carbocycles. The normalized spacial score (nSPS) is 41.0. The quantitative estimate of drug-likeness (QED) is 0.646. The molecule has 0 aromatic rings. The van der Waals surface area contributed by atoms with Gasteiger partial charge in [0.05, 0.1) is 17.8 Å². The third kappa shape index (κ3) is 3.00. The Morgan fingerprint density at radius 3 is 2.43 bits per heavy atom. The van der Waals surface area contributed by atoms with Crippen LogP contribution in [0.3, 0.4) is 0 Å². The summed E-state index contributed by atoms with van der Waals surface area (Å²) in [6, 6.07) is 0. The van der Waals surface area contributed by atoms with Crippen LogP contribution >= 0.6 is 0 Å². The van der Waals surface area contributed by atoms with Crippen molar-refractivity contribution in [2.75, 3.05) is 27.8 Å². The summed E-state index contributed by atoms with van der Waals surface area (Å²) in [7, 11) is 3.04. The minimum Gasteiger partial charge on any atom is -0.481 e. The van der Waals surface area contributed by atoms with E-state index in [9.17, 15) is 15.0 Å². The van der Waals surface area contributed by atoms with Crippen LogP contribution in [-0.2, 0) is 23.7 Å². The molecule has 134 valence electrons. The molecule has 0 aromatic carbocycles. The Labute approximate surface area is 136 Å². The highest BCUT2D eigenvalue weighted by Crippen LogP contribution is 2.62. The van der Waals surface area contributed by atoms with Gasteiger partial charge in [-0.2, -0.15) is 0 Å². The lowest BCUT2D eigenvalue weighted by Gasteiger charge is -2.44. The van der Waals surface area contributed by atoms with Gasteiger partial charge in [-0.15, -0.1) is 0 Å². The molecule has 0 unspecified atom stereocenters. The number of hydrogen-bond donors (Lipinski definition) is 2. The number of methoxy groups -OCH3 is 2. The Bertz CT molecular complexity index is 427. The molecule has 0 heterocycles. The summed E-state index contributed by atoms with van der Waals surface area (Å²) in [5.41, 5.74) is -1.85. The van der Waals surface area contributed by atoms with Crippen LogP contribution in [0.2, 0.25) is 0 Å². The van der Waals surface area contributed by atoms with Gasteiger partial charge in [-0.3, -0.25) is 4.79 Å². The Morgan fingerprint density at radius 2 is 1.91 bits per heavy atom. The van der Waals surface area contributed by atoms with Gasteiger partial charge in [0.25, 0.3) is 0 Å². The lowest BCUT2D eigenvalue weighted by molar-refractivity contribution is -0.194. The summed E-state index contributed by atoms with van der Waals surface area (Å²) in [4.78, 5) is 12.3. The molecule has 7 heteroatoms. The Balaban J connectivity index is 2.42. The molecule has 0 spiro atoms. The highest BCUT2D eigenvalue weighted by Gasteiger charge is 2.70. The molecule has 0 amide bonds. The predicted molar refractivity (Wildman–Crippen MR) is 80.7 cm³/mol. The molecular weight excluding hydrogens is 304 g/mol. The van der Waals surface area contributed by atoms with E-state index in [0.717, 1.165) is 6.42 Å². The number of aliphatic hydroxyl groups excluding tert-OH is 1. The van der Waals surface area contributed by atoms with Crippen molar-refractivity contribution in [2.24, 2.45) is 17.3 Å². The molecule has 0 radical (unpaired) electrons. The summed E-state index contributed by atoms with van der Waals surface area (Å²) in [6.45, 7) is 3.67. The highest BCUT2D eigenvalue weighted by atomic mass is 16.7. The lowest BCUT2D eigenvalue weighted by Crippen LogP contribution is -2.54. The van der Waals surface area contributed by atoms with Crippen molar-refractivity contribution in [1.82, 2.24) is 0 Å². The second-order valence-electron chi connectivity index (χ2n) is 6.91. The van der Waals surface area contributed by atoms with Crippen molar-refractivity contribution in [2.45, 2.75) is 50.9 Å². The van der Waals surface area contributed by atoms with E-state index in [1.807, 2.05) is 6.92 Å². The van der Waals surface area contributed by atoms with Gasteiger partial charge >= 0.3 is 5.97 Å². The number of ether oxygens (including phenoxy) is 4. The van der Waals surface area contributed by atoms with E-state index in [0.29, 0.717) is 6.42 Å². The van der Waals surface area contributed by atoms with E-state index in [2.05, 4.69) is 0 Å². The van der Waals surface area contributed by atoms with E-state index < -0.39 is 29.2 Å². The zero-order chi connectivity index (χ0) is 17.3. The number of carbonyl (C=O) groups is 1. The van der Waals surface area contributed by atoms with Gasteiger partial charge in [0.1, 0.15) is 19.0 Å². The Hall–Kier alpha value is -0.730. The molecule has 7 nitrogen and oxygen atoms in total. The minimum atomic E-state index is -1.18. The van der Waals surface area contributed by atoms with Crippen molar-refractivity contribution < 1.29 is 34.0 Å². The topological polar surface area (TPSA) is 94.5 Å². The zero-order valence-electron chi connectivity index (χ0n) is 14.3. The van der Waals surface area contributed by atoms with Gasteiger partial charge in [0, 0.05) is 26.1 Å². The summed E-state index contributed by atoms with van der Waals surface area (Å²) in [6.07, 6.45) is 0.362. The second-order valence-corrected chi connectivity index (χ2v) is 6.91. The van der Waals surface area contributed by atoms with Gasteiger partial charge in [0.2, 0.25) is 0 Å². The molecule has 6 atom stereocenters. The van der Waals surface area contributed by atoms with Crippen molar-refractivity contribution in [3.63, 3.8) is 0 Å². The number of carboxylic acids is 1. The zero-order valence-corrected chi connectivity index (χ0v) is 14.3. The molecule has 2 rings (SSSR count). The first kappa shape index (κ1) is 18.6. The molecule has 2 fully saturated rings. The van der Waals surface area contributed by atoms with Gasteiger partial charge < -0.3 is 29.2 Å². The van der Waals surface area contributed by atoms with Crippen LogP contribution in [0.25, 0.3) is 0 Å². The average molecular weight is 332 g/mol. The van der Waals surface area contributed by atoms with Crippen LogP contribution < -0.4 is 0 Å². The van der Waals surface area contributed by atoms with Crippen LogP contribution in [0.1, 0.15) is 33.1 Å². The number of rotatable bonds is 8. The molecule has 2 aliphatic rings. The molecular formula is C16H28O7. The molecule has 0 aromatic heterocycles. The predicted octanol–water partition coefficient (Wildman–Crippen LogP) is 1.24. The smallest absolute Gasteiger partial charge is 0.312 e. The monoisotopic (exact) mass is 332 g/mol. The van der Waals surface area contributed by atoms with E-state index in [1.54, 1.807) is 6.92 Å². The van der Waals surface area contributed by atoms with E-state index >= 15 is 0 Å². The van der Waals surface area contributed by atoms with Gasteiger partial charge in [-0.1, -0.05) is 0 Å². The minimum absolute atomic E-state index is 0.0169. The van der Waals surface area contributed by atoms with E-state index in [1.165, 1.54) is 14.2 Å². The van der Waals surface area contributed by atoms with Crippen LogP contribution in [0, 0.1) is 17.3 Å². The molecule has 2 bridgehead atoms. The number of aliphatic hydroxyl groups is 1. The van der Waals surface area contributed by atoms with Crippen LogP contribution in [0.5, 0.6) is 0 Å². The molecule has 2 saturated carbocycles. The Kier molecular flexibility index (Phi) is 5.68. The SMILES string of the molecule is COCO[C@@H]1[C@H]2CC[C@@H]([C@@H](C)O)[C@]1(C(=O)O)C[C@@]2(C)OCOC. The van der Waals surface area contributed by atoms with Crippen molar-refractivity contribution in [1.29, 1.82) is 0 Å². The van der Waals surface area contributed by atoms with Crippen LogP contribution in [0.15, 0.2) is 0 Å². The number of carboxylic acid groups (broad SMARTS) is 1. The fourth-order valence-electron chi connectivity index (χ4n) is 4.69. The largest absolute Gasteiger partial charge is 0.481 e. The molecule has 0 aliphatic heterocycles. The first-order chi connectivity index (χ1) is 10.8. The first-order valence-corrected chi connectivity index (χ1v) is 7.98. The summed E-state index contributed by atoms with van der Waals surface area (Å²) in [5, 5.41) is 20.2. The van der Waals surface area contributed by atoms with E-state index in [4.69, 9.17) is 18.9 Å². The summed E-state index contributed by atoms with van der Waals surface area (Å²) >= 11 is 0. The summed E-state index contributed by atoms with van der Waals surface area (Å²) < 4.78 is 21.7. The van der Waals surface area contributed by atoms with Gasteiger partial charge in [0.15, 0.2) is 0 Å². The van der Waals surface area contributed by atoms with Crippen LogP contribution in [-0.4, -0.2) is 61.8 Å². The van der Waals surface area contributed by atoms with E-state index in [-0.39, 0.29) is 31.8 Å². The fourth-order valence-corrected chi connectivity index (χ4v) is 4.69. The maximum Gasteiger partial charge on any atom is 0.312 e. The highest BCUT2D eigenvalue weighted by molar-refractivity contribution is 5.77. The number of hydrogen-bond acceptors (Lipinski definition) is 6. The molecule has 23 heavy (non-hydrogen) atoms. The summed E-state index contributed by atoms with van der Waals surface area (Å²) in [5.74, 6) is -1.41. The fraction of sp³-hybridized carbons (Fsp3) is 0.938. The number of aliphatic carboxylic acids is 1. The van der Waals surface area contributed by atoms with Gasteiger partial charge in [-0.25, -0.2) is 0 Å². The van der Waals surface area contributed by atoms with Crippen molar-refractivity contribution in [3.05, 3.63) is 0 Å². The standard InChI is InChI=1S/C16H28O7/c1-10(17)11-5-6-12-13(22-8-20-3)16(11,14(18)19)7-15(12,2)23-9-21-4/h10-13,17H,5-9H2,1-4H3,(H,18,19)/t10-,11+,12-,13-,15-,16-/m1/s1.